The number of aryl methyl sites for hydroxylation is 2. The van der Waals surface area contributed by atoms with Crippen molar-refractivity contribution in [1.29, 1.82) is 5.26 Å². The number of ketones is 1. The molecule has 134 valence electrons. The van der Waals surface area contributed by atoms with E-state index in [-0.39, 0.29) is 23.2 Å². The second-order valence-electron chi connectivity index (χ2n) is 6.37. The van der Waals surface area contributed by atoms with Crippen molar-refractivity contribution in [2.24, 2.45) is 5.92 Å². The molecule has 0 radical (unpaired) electrons. The van der Waals surface area contributed by atoms with Crippen LogP contribution in [0.15, 0.2) is 29.2 Å². The van der Waals surface area contributed by atoms with Gasteiger partial charge in [-0.15, -0.1) is 11.3 Å². The number of Topliss-reactive ketones (excluding diaryl/α,β-unsaturated/α-hetero) is 1. The van der Waals surface area contributed by atoms with Gasteiger partial charge >= 0.3 is 0 Å². The zero-order valence-electron chi connectivity index (χ0n) is 15.5. The first-order valence-corrected chi connectivity index (χ1v) is 9.12. The highest BCUT2D eigenvalue weighted by Gasteiger charge is 2.19. The molecule has 0 bridgehead atoms. The molecule has 0 saturated carbocycles. The van der Waals surface area contributed by atoms with Crippen molar-refractivity contribution < 1.29 is 9.59 Å². The molecule has 0 N–H and O–H groups in total. The number of nitriles is 1. The Bertz CT molecular complexity index is 919. The van der Waals surface area contributed by atoms with Crippen LogP contribution in [0.3, 0.4) is 0 Å². The second kappa shape index (κ2) is 8.07. The lowest BCUT2D eigenvalue weighted by Crippen LogP contribution is -2.22. The van der Waals surface area contributed by atoms with Crippen molar-refractivity contribution >= 4 is 39.9 Å². The van der Waals surface area contributed by atoms with E-state index in [0.717, 1.165) is 16.8 Å². The van der Waals surface area contributed by atoms with Gasteiger partial charge in [0.05, 0.1) is 17.0 Å². The van der Waals surface area contributed by atoms with Crippen LogP contribution in [0.25, 0.3) is 6.08 Å². The highest BCUT2D eigenvalue weighted by Crippen LogP contribution is 2.30. The summed E-state index contributed by atoms with van der Waals surface area (Å²) in [7, 11) is 0. The molecule has 26 heavy (non-hydrogen) atoms. The monoisotopic (exact) mass is 367 g/mol. The number of rotatable bonds is 5. The van der Waals surface area contributed by atoms with Gasteiger partial charge in [-0.05, 0) is 43.2 Å². The summed E-state index contributed by atoms with van der Waals surface area (Å²) in [5.74, 6) is -0.639. The number of carbonyl (C=O) groups excluding carboxylic acids is 2. The third-order valence-corrected chi connectivity index (χ3v) is 4.81. The topological polar surface area (TPSA) is 74.1 Å². The molecule has 0 fully saturated rings. The zero-order chi connectivity index (χ0) is 19.4. The van der Waals surface area contributed by atoms with Crippen LogP contribution in [0.5, 0.6) is 0 Å². The van der Waals surface area contributed by atoms with Crippen LogP contribution in [-0.4, -0.2) is 16.7 Å². The molecule has 0 atom stereocenters. The average Bonchev–Trinajstić information content (AvgIpc) is 3.03. The normalized spacial score (nSPS) is 11.3. The number of thiazole rings is 1. The lowest BCUT2D eigenvalue weighted by molar-refractivity contribution is -0.118. The Kier molecular flexibility index (Phi) is 6.06. The summed E-state index contributed by atoms with van der Waals surface area (Å²) in [5, 5.41) is 11.5. The van der Waals surface area contributed by atoms with Crippen LogP contribution in [0, 0.1) is 31.1 Å². The zero-order valence-corrected chi connectivity index (χ0v) is 16.3. The van der Waals surface area contributed by atoms with Gasteiger partial charge < -0.3 is 0 Å². The SMILES string of the molecule is CC(=O)N(c1ccc(C)c(C)c1)c1nc(/C=C(/C#N)C(=O)C(C)C)cs1. The fraction of sp³-hybridized carbons (Fsp3) is 0.300. The lowest BCUT2D eigenvalue weighted by atomic mass is 10.0. The van der Waals surface area contributed by atoms with E-state index in [1.807, 2.05) is 38.1 Å². The largest absolute Gasteiger partial charge is 0.293 e. The predicted octanol–water partition coefficient (Wildman–Crippen LogP) is 4.58. The number of allylic oxidation sites excluding steroid dienone is 1. The maximum absolute atomic E-state index is 12.2. The summed E-state index contributed by atoms with van der Waals surface area (Å²) in [5.41, 5.74) is 3.53. The van der Waals surface area contributed by atoms with Gasteiger partial charge in [0.2, 0.25) is 5.91 Å². The molecule has 0 aliphatic heterocycles. The summed E-state index contributed by atoms with van der Waals surface area (Å²) >= 11 is 1.29. The van der Waals surface area contributed by atoms with Crippen molar-refractivity contribution in [3.63, 3.8) is 0 Å². The highest BCUT2D eigenvalue weighted by atomic mass is 32.1. The molecule has 0 spiro atoms. The number of nitrogens with zero attached hydrogens (tertiary/aromatic N) is 3. The summed E-state index contributed by atoms with van der Waals surface area (Å²) in [6.07, 6.45) is 1.47. The first kappa shape index (κ1) is 19.5. The predicted molar refractivity (Wildman–Crippen MR) is 104 cm³/mol. The maximum Gasteiger partial charge on any atom is 0.230 e. The van der Waals surface area contributed by atoms with Crippen LogP contribution in [-0.2, 0) is 9.59 Å². The number of amides is 1. The lowest BCUT2D eigenvalue weighted by Gasteiger charge is -2.19. The van der Waals surface area contributed by atoms with Gasteiger partial charge in [-0.2, -0.15) is 5.26 Å². The quantitative estimate of drug-likeness (QED) is 0.573. The molecule has 6 heteroatoms. The number of carbonyl (C=O) groups is 2. The van der Waals surface area contributed by atoms with E-state index < -0.39 is 0 Å². The number of benzene rings is 1. The third-order valence-electron chi connectivity index (χ3n) is 3.97. The minimum atomic E-state index is -0.261. The smallest absolute Gasteiger partial charge is 0.230 e. The van der Waals surface area contributed by atoms with Crippen molar-refractivity contribution in [3.8, 4) is 6.07 Å². The van der Waals surface area contributed by atoms with Crippen LogP contribution < -0.4 is 4.90 Å². The number of anilines is 2. The summed E-state index contributed by atoms with van der Waals surface area (Å²) in [6.45, 7) is 8.98. The second-order valence-corrected chi connectivity index (χ2v) is 7.20. The van der Waals surface area contributed by atoms with Gasteiger partial charge in [0, 0.05) is 18.2 Å². The van der Waals surface area contributed by atoms with E-state index >= 15 is 0 Å². The van der Waals surface area contributed by atoms with E-state index in [4.69, 9.17) is 0 Å². The Labute approximate surface area is 157 Å². The van der Waals surface area contributed by atoms with E-state index in [2.05, 4.69) is 4.98 Å². The van der Waals surface area contributed by atoms with Gasteiger partial charge in [-0.25, -0.2) is 4.98 Å². The summed E-state index contributed by atoms with van der Waals surface area (Å²) < 4.78 is 0. The van der Waals surface area contributed by atoms with Gasteiger partial charge in [-0.1, -0.05) is 19.9 Å². The van der Waals surface area contributed by atoms with Crippen molar-refractivity contribution in [1.82, 2.24) is 4.98 Å². The van der Waals surface area contributed by atoms with Gasteiger partial charge in [-0.3, -0.25) is 14.5 Å². The minimum absolute atomic E-state index is 0.0670. The van der Waals surface area contributed by atoms with Gasteiger partial charge in [0.1, 0.15) is 6.07 Å². The minimum Gasteiger partial charge on any atom is -0.293 e. The fourth-order valence-corrected chi connectivity index (χ4v) is 3.20. The van der Waals surface area contributed by atoms with Gasteiger partial charge in [0.15, 0.2) is 10.9 Å². The van der Waals surface area contributed by atoms with E-state index in [0.29, 0.717) is 10.8 Å². The molecular formula is C20H21N3O2S. The average molecular weight is 367 g/mol. The van der Waals surface area contributed by atoms with Crippen molar-refractivity contribution in [2.45, 2.75) is 34.6 Å². The Morgan fingerprint density at radius 3 is 2.50 bits per heavy atom. The molecule has 5 nitrogen and oxygen atoms in total. The molecule has 0 unspecified atom stereocenters. The number of hydrogen-bond acceptors (Lipinski definition) is 5. The highest BCUT2D eigenvalue weighted by molar-refractivity contribution is 7.14. The van der Waals surface area contributed by atoms with E-state index in [1.54, 1.807) is 19.2 Å². The van der Waals surface area contributed by atoms with Gasteiger partial charge in [0.25, 0.3) is 0 Å². The molecular weight excluding hydrogens is 346 g/mol. The Morgan fingerprint density at radius 2 is 1.96 bits per heavy atom. The van der Waals surface area contributed by atoms with Crippen LogP contribution >= 0.6 is 11.3 Å². The fourth-order valence-electron chi connectivity index (χ4n) is 2.35. The molecule has 1 amide bonds. The Morgan fingerprint density at radius 1 is 1.27 bits per heavy atom. The number of hydrogen-bond donors (Lipinski definition) is 0. The van der Waals surface area contributed by atoms with Crippen molar-refractivity contribution in [2.75, 3.05) is 4.90 Å². The molecule has 1 aromatic carbocycles. The molecule has 2 aromatic rings. The number of aromatic nitrogens is 1. The molecule has 2 rings (SSSR count). The third kappa shape index (κ3) is 4.24. The Balaban J connectivity index is 2.42. The summed E-state index contributed by atoms with van der Waals surface area (Å²) in [4.78, 5) is 30.2. The first-order valence-electron chi connectivity index (χ1n) is 8.24. The molecule has 0 aliphatic carbocycles. The Hall–Kier alpha value is -2.78. The van der Waals surface area contributed by atoms with E-state index in [1.165, 1.54) is 29.2 Å². The van der Waals surface area contributed by atoms with Crippen molar-refractivity contribution in [3.05, 3.63) is 46.0 Å². The molecule has 0 saturated heterocycles. The summed E-state index contributed by atoms with van der Waals surface area (Å²) in [6, 6.07) is 7.72. The van der Waals surface area contributed by atoms with Crippen LogP contribution in [0.2, 0.25) is 0 Å². The molecule has 1 heterocycles. The van der Waals surface area contributed by atoms with Crippen LogP contribution in [0.1, 0.15) is 37.6 Å². The van der Waals surface area contributed by atoms with E-state index in [9.17, 15) is 14.9 Å². The molecule has 1 aromatic heterocycles. The van der Waals surface area contributed by atoms with Crippen LogP contribution in [0.4, 0.5) is 10.8 Å². The molecule has 0 aliphatic rings. The maximum atomic E-state index is 12.2. The first-order chi connectivity index (χ1) is 12.2. The standard InChI is InChI=1S/C20H21N3O2S/c1-12(2)19(25)16(10-21)9-17-11-26-20(22-17)23(15(5)24)18-7-6-13(3)14(4)8-18/h6-9,11-12H,1-5H3/b16-9-.